The van der Waals surface area contributed by atoms with E-state index >= 15 is 0 Å². The van der Waals surface area contributed by atoms with Crippen LogP contribution in [0.15, 0.2) is 43.0 Å². The molecule has 0 radical (unpaired) electrons. The lowest BCUT2D eigenvalue weighted by molar-refractivity contribution is 0.302. The highest BCUT2D eigenvalue weighted by Crippen LogP contribution is 2.10. The molecule has 0 spiro atoms. The van der Waals surface area contributed by atoms with Crippen LogP contribution >= 0.6 is 0 Å². The summed E-state index contributed by atoms with van der Waals surface area (Å²) in [5.74, 6) is 0. The summed E-state index contributed by atoms with van der Waals surface area (Å²) in [6.07, 6.45) is 11.0. The van der Waals surface area contributed by atoms with Crippen LogP contribution in [0.4, 0.5) is 0 Å². The van der Waals surface area contributed by atoms with Crippen molar-refractivity contribution in [1.82, 2.24) is 0 Å². The van der Waals surface area contributed by atoms with Crippen LogP contribution in [0.3, 0.4) is 0 Å². The van der Waals surface area contributed by atoms with Gasteiger partial charge in [0, 0.05) is 6.61 Å². The molecule has 0 saturated heterocycles. The van der Waals surface area contributed by atoms with Crippen LogP contribution in [-0.4, -0.2) is 14.9 Å². The first-order chi connectivity index (χ1) is 9.67. The Hall–Kier alpha value is -0.863. The minimum Gasteiger partial charge on any atom is -0.413 e. The Labute approximate surface area is 126 Å². The van der Waals surface area contributed by atoms with Crippen LogP contribution in [0.2, 0.25) is 13.1 Å². The summed E-state index contributed by atoms with van der Waals surface area (Å²) in [6, 6.07) is 10.7. The van der Waals surface area contributed by atoms with Crippen molar-refractivity contribution in [3.8, 4) is 0 Å². The van der Waals surface area contributed by atoms with E-state index in [1.165, 1.54) is 50.1 Å². The Morgan fingerprint density at radius 2 is 1.55 bits per heavy atom. The van der Waals surface area contributed by atoms with Gasteiger partial charge in [-0.3, -0.25) is 0 Å². The topological polar surface area (TPSA) is 9.23 Å². The van der Waals surface area contributed by atoms with E-state index < -0.39 is 8.32 Å². The normalized spacial score (nSPS) is 11.5. The quantitative estimate of drug-likeness (QED) is 0.315. The maximum atomic E-state index is 6.19. The number of unbranched alkanes of at least 4 members (excludes halogenated alkanes) is 6. The van der Waals surface area contributed by atoms with Crippen LogP contribution in [-0.2, 0) is 4.43 Å². The second-order valence-electron chi connectivity index (χ2n) is 5.92. The van der Waals surface area contributed by atoms with Gasteiger partial charge in [0.2, 0.25) is 8.32 Å². The van der Waals surface area contributed by atoms with Crippen LogP contribution in [0.1, 0.15) is 44.9 Å². The van der Waals surface area contributed by atoms with Crippen LogP contribution < -0.4 is 5.19 Å². The Balaban J connectivity index is 2.07. The van der Waals surface area contributed by atoms with Gasteiger partial charge in [-0.05, 0) is 37.5 Å². The molecule has 112 valence electrons. The third-order valence-electron chi connectivity index (χ3n) is 3.73. The highest BCUT2D eigenvalue weighted by Gasteiger charge is 2.24. The van der Waals surface area contributed by atoms with Crippen molar-refractivity contribution in [3.05, 3.63) is 43.0 Å². The predicted octanol–water partition coefficient (Wildman–Crippen LogP) is 5.03. The first kappa shape index (κ1) is 17.2. The van der Waals surface area contributed by atoms with Gasteiger partial charge in [0.15, 0.2) is 0 Å². The summed E-state index contributed by atoms with van der Waals surface area (Å²) in [7, 11) is -1.68. The van der Waals surface area contributed by atoms with E-state index in [0.29, 0.717) is 0 Å². The molecule has 0 aliphatic carbocycles. The molecule has 0 heterocycles. The van der Waals surface area contributed by atoms with Crippen molar-refractivity contribution in [1.29, 1.82) is 0 Å². The third-order valence-corrected chi connectivity index (χ3v) is 6.38. The summed E-state index contributed by atoms with van der Waals surface area (Å²) < 4.78 is 6.19. The molecular formula is C18H30OSi. The van der Waals surface area contributed by atoms with Gasteiger partial charge < -0.3 is 4.43 Å². The van der Waals surface area contributed by atoms with Gasteiger partial charge in [-0.25, -0.2) is 0 Å². The second kappa shape index (κ2) is 9.95. The minimum absolute atomic E-state index is 0.917. The number of hydrogen-bond acceptors (Lipinski definition) is 1. The van der Waals surface area contributed by atoms with Crippen molar-refractivity contribution >= 4 is 13.5 Å². The molecule has 1 aromatic rings. The fourth-order valence-electron chi connectivity index (χ4n) is 2.35. The lowest BCUT2D eigenvalue weighted by atomic mass is 10.1. The maximum absolute atomic E-state index is 6.19. The Morgan fingerprint density at radius 1 is 0.950 bits per heavy atom. The van der Waals surface area contributed by atoms with E-state index in [0.717, 1.165) is 6.61 Å². The van der Waals surface area contributed by atoms with E-state index in [2.05, 4.69) is 50.0 Å². The van der Waals surface area contributed by atoms with E-state index in [4.69, 9.17) is 4.43 Å². The Morgan fingerprint density at radius 3 is 2.20 bits per heavy atom. The zero-order valence-electron chi connectivity index (χ0n) is 13.2. The molecule has 0 amide bonds. The average molecular weight is 291 g/mol. The van der Waals surface area contributed by atoms with E-state index in [1.54, 1.807) is 0 Å². The van der Waals surface area contributed by atoms with Crippen LogP contribution in [0, 0.1) is 0 Å². The van der Waals surface area contributed by atoms with Gasteiger partial charge >= 0.3 is 0 Å². The molecule has 0 bridgehead atoms. The number of rotatable bonds is 11. The molecule has 0 saturated carbocycles. The number of allylic oxidation sites excluding steroid dienone is 1. The van der Waals surface area contributed by atoms with Gasteiger partial charge in [-0.15, -0.1) is 6.58 Å². The van der Waals surface area contributed by atoms with Crippen molar-refractivity contribution in [2.45, 2.75) is 58.0 Å². The zero-order valence-corrected chi connectivity index (χ0v) is 14.2. The van der Waals surface area contributed by atoms with Crippen molar-refractivity contribution < 1.29 is 4.43 Å². The molecule has 0 N–H and O–H groups in total. The highest BCUT2D eigenvalue weighted by atomic mass is 28.4. The first-order valence-corrected chi connectivity index (χ1v) is 10.9. The number of benzene rings is 1. The summed E-state index contributed by atoms with van der Waals surface area (Å²) >= 11 is 0. The largest absolute Gasteiger partial charge is 0.413 e. The summed E-state index contributed by atoms with van der Waals surface area (Å²) in [4.78, 5) is 0. The van der Waals surface area contributed by atoms with E-state index in [9.17, 15) is 0 Å². The van der Waals surface area contributed by atoms with Gasteiger partial charge in [0.25, 0.3) is 0 Å². The van der Waals surface area contributed by atoms with Crippen molar-refractivity contribution in [3.63, 3.8) is 0 Å². The third kappa shape index (κ3) is 7.06. The van der Waals surface area contributed by atoms with Crippen LogP contribution in [0.25, 0.3) is 0 Å². The SMILES string of the molecule is C=CCCCCCCCCO[Si](C)(C)c1ccccc1. The molecule has 1 nitrogen and oxygen atoms in total. The molecule has 0 aliphatic heterocycles. The zero-order chi connectivity index (χ0) is 14.7. The highest BCUT2D eigenvalue weighted by molar-refractivity contribution is 6.84. The summed E-state index contributed by atoms with van der Waals surface area (Å²) in [5.41, 5.74) is 0. The molecule has 0 aromatic heterocycles. The predicted molar refractivity (Wildman–Crippen MR) is 92.0 cm³/mol. The van der Waals surface area contributed by atoms with E-state index in [-0.39, 0.29) is 0 Å². The molecule has 0 fully saturated rings. The van der Waals surface area contributed by atoms with Gasteiger partial charge in [0.1, 0.15) is 0 Å². The molecular weight excluding hydrogens is 260 g/mol. The fraction of sp³-hybridized carbons (Fsp3) is 0.556. The Kier molecular flexibility index (Phi) is 8.55. The van der Waals surface area contributed by atoms with Gasteiger partial charge in [-0.2, -0.15) is 0 Å². The standard InChI is InChI=1S/C18H30OSi/c1-4-5-6-7-8-9-10-14-17-19-20(2,3)18-15-12-11-13-16-18/h4,11-13,15-16H,1,5-10,14,17H2,2-3H3. The monoisotopic (exact) mass is 290 g/mol. The summed E-state index contributed by atoms with van der Waals surface area (Å²) in [6.45, 7) is 9.25. The average Bonchev–Trinajstić information content (AvgIpc) is 2.46. The van der Waals surface area contributed by atoms with Gasteiger partial charge in [-0.1, -0.05) is 62.1 Å². The van der Waals surface area contributed by atoms with Crippen molar-refractivity contribution in [2.24, 2.45) is 0 Å². The maximum Gasteiger partial charge on any atom is 0.218 e. The minimum atomic E-state index is -1.68. The number of hydrogen-bond donors (Lipinski definition) is 0. The molecule has 1 aromatic carbocycles. The summed E-state index contributed by atoms with van der Waals surface area (Å²) in [5, 5.41) is 1.39. The molecule has 1 rings (SSSR count). The van der Waals surface area contributed by atoms with Crippen LogP contribution in [0.5, 0.6) is 0 Å². The second-order valence-corrected chi connectivity index (χ2v) is 9.81. The molecule has 0 unspecified atom stereocenters. The molecule has 2 heteroatoms. The smallest absolute Gasteiger partial charge is 0.218 e. The lowest BCUT2D eigenvalue weighted by Crippen LogP contribution is -2.44. The van der Waals surface area contributed by atoms with Gasteiger partial charge in [0.05, 0.1) is 0 Å². The Bertz CT molecular complexity index is 359. The molecule has 20 heavy (non-hydrogen) atoms. The molecule has 0 atom stereocenters. The fourth-order valence-corrected chi connectivity index (χ4v) is 4.16. The molecule has 0 aliphatic rings. The lowest BCUT2D eigenvalue weighted by Gasteiger charge is -2.23. The van der Waals surface area contributed by atoms with Crippen molar-refractivity contribution in [2.75, 3.05) is 6.61 Å². The first-order valence-electron chi connectivity index (χ1n) is 7.97. The van der Waals surface area contributed by atoms with E-state index in [1.807, 2.05) is 6.08 Å².